The Morgan fingerprint density at radius 1 is 1.39 bits per heavy atom. The van der Waals surface area contributed by atoms with E-state index in [1.807, 2.05) is 0 Å². The highest BCUT2D eigenvalue weighted by Gasteiger charge is 2.11. The summed E-state index contributed by atoms with van der Waals surface area (Å²) in [6.07, 6.45) is 0.270. The number of rotatable bonds is 4. The van der Waals surface area contributed by atoms with Crippen LogP contribution in [-0.2, 0) is 4.79 Å². The second-order valence-electron chi connectivity index (χ2n) is 4.03. The van der Waals surface area contributed by atoms with Crippen molar-refractivity contribution < 1.29 is 9.59 Å². The Morgan fingerprint density at radius 3 is 2.67 bits per heavy atom. The van der Waals surface area contributed by atoms with E-state index in [1.165, 1.54) is 4.90 Å². The van der Waals surface area contributed by atoms with Gasteiger partial charge in [-0.2, -0.15) is 0 Å². The van der Waals surface area contributed by atoms with E-state index >= 15 is 0 Å². The average Bonchev–Trinajstić information content (AvgIpc) is 2.31. The molecular formula is C12H16BrN3O2. The maximum atomic E-state index is 11.8. The molecule has 0 atom stereocenters. The van der Waals surface area contributed by atoms with Crippen LogP contribution >= 0.6 is 15.9 Å². The van der Waals surface area contributed by atoms with Crippen LogP contribution in [0.2, 0.25) is 0 Å². The van der Waals surface area contributed by atoms with Gasteiger partial charge in [-0.25, -0.2) is 0 Å². The van der Waals surface area contributed by atoms with Crippen LogP contribution in [0.1, 0.15) is 16.8 Å². The van der Waals surface area contributed by atoms with Gasteiger partial charge in [-0.15, -0.1) is 0 Å². The Hall–Kier alpha value is -1.56. The third-order valence-corrected chi connectivity index (χ3v) is 2.88. The van der Waals surface area contributed by atoms with Gasteiger partial charge in [-0.05, 0) is 18.2 Å². The van der Waals surface area contributed by atoms with Crippen molar-refractivity contribution in [2.24, 2.45) is 0 Å². The van der Waals surface area contributed by atoms with Crippen LogP contribution in [0.3, 0.4) is 0 Å². The lowest BCUT2D eigenvalue weighted by molar-refractivity contribution is -0.128. The first kappa shape index (κ1) is 14.5. The maximum Gasteiger partial charge on any atom is 0.253 e. The number of nitrogens with one attached hydrogen (secondary N) is 1. The molecule has 0 bridgehead atoms. The van der Waals surface area contributed by atoms with E-state index in [1.54, 1.807) is 32.3 Å². The van der Waals surface area contributed by atoms with Gasteiger partial charge in [0.25, 0.3) is 5.91 Å². The molecule has 1 rings (SSSR count). The van der Waals surface area contributed by atoms with E-state index in [9.17, 15) is 9.59 Å². The highest BCUT2D eigenvalue weighted by atomic mass is 79.9. The van der Waals surface area contributed by atoms with Crippen molar-refractivity contribution in [2.75, 3.05) is 26.4 Å². The molecule has 5 nitrogen and oxygen atoms in total. The first-order valence-electron chi connectivity index (χ1n) is 5.45. The Balaban J connectivity index is 2.56. The van der Waals surface area contributed by atoms with Crippen molar-refractivity contribution in [1.82, 2.24) is 10.2 Å². The number of hydrogen-bond acceptors (Lipinski definition) is 3. The van der Waals surface area contributed by atoms with Gasteiger partial charge < -0.3 is 16.0 Å². The first-order valence-corrected chi connectivity index (χ1v) is 6.24. The quantitative estimate of drug-likeness (QED) is 0.821. The number of halogens is 1. The first-order chi connectivity index (χ1) is 8.41. The number of carbonyl (C=O) groups is 2. The van der Waals surface area contributed by atoms with Crippen LogP contribution < -0.4 is 11.1 Å². The maximum absolute atomic E-state index is 11.8. The zero-order chi connectivity index (χ0) is 13.7. The molecule has 0 unspecified atom stereocenters. The Bertz CT molecular complexity index is 461. The number of nitrogens with zero attached hydrogens (tertiary/aromatic N) is 1. The van der Waals surface area contributed by atoms with Crippen molar-refractivity contribution in [3.63, 3.8) is 0 Å². The molecular weight excluding hydrogens is 298 g/mol. The fourth-order valence-electron chi connectivity index (χ4n) is 1.33. The van der Waals surface area contributed by atoms with Crippen LogP contribution in [0.5, 0.6) is 0 Å². The molecule has 6 heteroatoms. The molecule has 98 valence electrons. The summed E-state index contributed by atoms with van der Waals surface area (Å²) in [7, 11) is 3.35. The van der Waals surface area contributed by atoms with E-state index in [2.05, 4.69) is 21.2 Å². The molecule has 0 saturated heterocycles. The van der Waals surface area contributed by atoms with Crippen LogP contribution in [-0.4, -0.2) is 37.4 Å². The largest absolute Gasteiger partial charge is 0.398 e. The second-order valence-corrected chi connectivity index (χ2v) is 4.94. The van der Waals surface area contributed by atoms with E-state index in [4.69, 9.17) is 5.73 Å². The summed E-state index contributed by atoms with van der Waals surface area (Å²) < 4.78 is 0.784. The van der Waals surface area contributed by atoms with Crippen molar-refractivity contribution >= 4 is 33.4 Å². The lowest BCUT2D eigenvalue weighted by atomic mass is 10.1. The summed E-state index contributed by atoms with van der Waals surface area (Å²) in [6, 6.07) is 5.07. The summed E-state index contributed by atoms with van der Waals surface area (Å²) in [5.74, 6) is -0.308. The minimum atomic E-state index is -0.277. The molecule has 2 amide bonds. The number of nitrogens with two attached hydrogens (primary N) is 1. The Morgan fingerprint density at radius 2 is 2.06 bits per heavy atom. The molecule has 0 aliphatic carbocycles. The normalized spacial score (nSPS) is 9.94. The molecule has 0 aromatic heterocycles. The molecule has 0 aliphatic rings. The van der Waals surface area contributed by atoms with Crippen LogP contribution in [0.15, 0.2) is 22.7 Å². The van der Waals surface area contributed by atoms with Crippen LogP contribution in [0.25, 0.3) is 0 Å². The van der Waals surface area contributed by atoms with Gasteiger partial charge >= 0.3 is 0 Å². The molecule has 0 spiro atoms. The lowest BCUT2D eigenvalue weighted by Gasteiger charge is -2.11. The molecule has 18 heavy (non-hydrogen) atoms. The van der Waals surface area contributed by atoms with Crippen molar-refractivity contribution in [3.8, 4) is 0 Å². The van der Waals surface area contributed by atoms with Crippen molar-refractivity contribution in [1.29, 1.82) is 0 Å². The topological polar surface area (TPSA) is 75.4 Å². The summed E-state index contributed by atoms with van der Waals surface area (Å²) >= 11 is 3.28. The molecule has 1 aromatic carbocycles. The molecule has 0 fully saturated rings. The molecule has 3 N–H and O–H groups in total. The highest BCUT2D eigenvalue weighted by molar-refractivity contribution is 9.10. The molecule has 0 aliphatic heterocycles. The number of benzene rings is 1. The standard InChI is InChI=1S/C12H16BrN3O2/c1-16(2)11(17)5-6-15-12(18)9-7-8(13)3-4-10(9)14/h3-4,7H,5-6,14H2,1-2H3,(H,15,18). The minimum Gasteiger partial charge on any atom is -0.398 e. The highest BCUT2D eigenvalue weighted by Crippen LogP contribution is 2.18. The van der Waals surface area contributed by atoms with E-state index in [0.29, 0.717) is 17.8 Å². The van der Waals surface area contributed by atoms with Gasteiger partial charge in [0.05, 0.1) is 5.56 Å². The number of amides is 2. The third-order valence-electron chi connectivity index (χ3n) is 2.38. The summed E-state index contributed by atoms with van der Waals surface area (Å²) in [5.41, 5.74) is 6.53. The molecule has 1 aromatic rings. The van der Waals surface area contributed by atoms with Crippen molar-refractivity contribution in [3.05, 3.63) is 28.2 Å². The second kappa shape index (κ2) is 6.39. The zero-order valence-electron chi connectivity index (χ0n) is 10.4. The van der Waals surface area contributed by atoms with Crippen LogP contribution in [0, 0.1) is 0 Å². The van der Waals surface area contributed by atoms with Gasteiger partial charge in [0.2, 0.25) is 5.91 Å². The monoisotopic (exact) mass is 313 g/mol. The van der Waals surface area contributed by atoms with Gasteiger partial charge in [0.1, 0.15) is 0 Å². The number of carbonyl (C=O) groups excluding carboxylic acids is 2. The predicted octanol–water partition coefficient (Wildman–Crippen LogP) is 1.24. The van der Waals surface area contributed by atoms with Gasteiger partial charge in [0, 0.05) is 37.2 Å². The summed E-state index contributed by atoms with van der Waals surface area (Å²) in [6.45, 7) is 0.293. The summed E-state index contributed by atoms with van der Waals surface area (Å²) in [4.78, 5) is 24.6. The Labute approximate surface area is 114 Å². The SMILES string of the molecule is CN(C)C(=O)CCNC(=O)c1cc(Br)ccc1N. The molecule has 0 radical (unpaired) electrons. The molecule has 0 saturated carbocycles. The predicted molar refractivity (Wildman–Crippen MR) is 74.2 cm³/mol. The van der Waals surface area contributed by atoms with Gasteiger partial charge in [0.15, 0.2) is 0 Å². The third kappa shape index (κ3) is 4.03. The lowest BCUT2D eigenvalue weighted by Crippen LogP contribution is -2.30. The summed E-state index contributed by atoms with van der Waals surface area (Å²) in [5, 5.41) is 2.67. The van der Waals surface area contributed by atoms with E-state index < -0.39 is 0 Å². The number of anilines is 1. The van der Waals surface area contributed by atoms with Gasteiger partial charge in [-0.1, -0.05) is 15.9 Å². The zero-order valence-corrected chi connectivity index (χ0v) is 12.0. The van der Waals surface area contributed by atoms with Gasteiger partial charge in [-0.3, -0.25) is 9.59 Å². The smallest absolute Gasteiger partial charge is 0.253 e. The number of hydrogen-bond donors (Lipinski definition) is 2. The fraction of sp³-hybridized carbons (Fsp3) is 0.333. The fourth-order valence-corrected chi connectivity index (χ4v) is 1.69. The van der Waals surface area contributed by atoms with E-state index in [0.717, 1.165) is 4.47 Å². The minimum absolute atomic E-state index is 0.0301. The Kier molecular flexibility index (Phi) is 5.15. The van der Waals surface area contributed by atoms with E-state index in [-0.39, 0.29) is 18.2 Å². The molecule has 0 heterocycles. The van der Waals surface area contributed by atoms with Crippen molar-refractivity contribution in [2.45, 2.75) is 6.42 Å². The average molecular weight is 314 g/mol. The number of nitrogen functional groups attached to an aromatic ring is 1. The van der Waals surface area contributed by atoms with Crippen LogP contribution in [0.4, 0.5) is 5.69 Å².